The molecule has 2 aromatic rings. The van der Waals surface area contributed by atoms with Gasteiger partial charge in [-0.1, -0.05) is 6.07 Å². The Morgan fingerprint density at radius 1 is 1.12 bits per heavy atom. The first-order valence-electron chi connectivity index (χ1n) is 7.10. The van der Waals surface area contributed by atoms with Crippen molar-refractivity contribution in [3.05, 3.63) is 53.6 Å². The predicted molar refractivity (Wildman–Crippen MR) is 87.9 cm³/mol. The molecule has 8 heteroatoms. The van der Waals surface area contributed by atoms with Crippen LogP contribution < -0.4 is 4.31 Å². The summed E-state index contributed by atoms with van der Waals surface area (Å²) in [5.41, 5.74) is 0.448. The summed E-state index contributed by atoms with van der Waals surface area (Å²) >= 11 is 1.55. The number of hydrogen-bond donors (Lipinski definition) is 0. The smallest absolute Gasteiger partial charge is 0.266 e. The number of thioether (sulfide) groups is 1. The molecule has 0 bridgehead atoms. The molecule has 0 aliphatic carbocycles. The fourth-order valence-electron chi connectivity index (χ4n) is 2.68. The molecule has 0 saturated heterocycles. The van der Waals surface area contributed by atoms with E-state index in [9.17, 15) is 21.6 Å². The lowest BCUT2D eigenvalue weighted by atomic mass is 10.2. The van der Waals surface area contributed by atoms with Crippen molar-refractivity contribution < 1.29 is 21.6 Å². The Balaban J connectivity index is 2.02. The zero-order chi connectivity index (χ0) is 17.5. The van der Waals surface area contributed by atoms with E-state index in [0.717, 1.165) is 22.6 Å². The number of benzene rings is 2. The molecule has 0 spiro atoms. The molecule has 1 aliphatic heterocycles. The van der Waals surface area contributed by atoms with E-state index in [4.69, 9.17) is 0 Å². The highest BCUT2D eigenvalue weighted by molar-refractivity contribution is 7.98. The number of anilines is 1. The van der Waals surface area contributed by atoms with Crippen molar-refractivity contribution in [2.24, 2.45) is 0 Å². The van der Waals surface area contributed by atoms with Gasteiger partial charge >= 0.3 is 6.18 Å². The van der Waals surface area contributed by atoms with Crippen LogP contribution in [0.5, 0.6) is 0 Å². The van der Waals surface area contributed by atoms with Crippen LogP contribution in [0.25, 0.3) is 0 Å². The SMILES string of the molecule is CSc1ccc2c(c1)CCN2S(=O)(=O)c1cccc(C(F)(F)F)c1. The van der Waals surface area contributed by atoms with Gasteiger partial charge in [0.05, 0.1) is 16.1 Å². The summed E-state index contributed by atoms with van der Waals surface area (Å²) in [5, 5.41) is 0. The van der Waals surface area contributed by atoms with E-state index in [2.05, 4.69) is 0 Å². The van der Waals surface area contributed by atoms with Gasteiger partial charge in [0.1, 0.15) is 0 Å². The van der Waals surface area contributed by atoms with Crippen LogP contribution in [0.15, 0.2) is 52.3 Å². The van der Waals surface area contributed by atoms with Crippen molar-refractivity contribution in [2.45, 2.75) is 22.4 Å². The Morgan fingerprint density at radius 2 is 1.88 bits per heavy atom. The predicted octanol–water partition coefficient (Wildman–Crippen LogP) is 4.18. The quantitative estimate of drug-likeness (QED) is 0.758. The topological polar surface area (TPSA) is 37.4 Å². The molecule has 1 heterocycles. The minimum atomic E-state index is -4.58. The van der Waals surface area contributed by atoms with E-state index in [-0.39, 0.29) is 11.4 Å². The largest absolute Gasteiger partial charge is 0.416 e. The molecular formula is C16H14F3NO2S2. The monoisotopic (exact) mass is 373 g/mol. The van der Waals surface area contributed by atoms with Crippen LogP contribution in [0.3, 0.4) is 0 Å². The van der Waals surface area contributed by atoms with Gasteiger partial charge in [-0.3, -0.25) is 4.31 Å². The Labute approximate surface area is 142 Å². The Morgan fingerprint density at radius 3 is 2.54 bits per heavy atom. The first kappa shape index (κ1) is 17.2. The molecule has 0 N–H and O–H groups in total. The zero-order valence-corrected chi connectivity index (χ0v) is 14.3. The summed E-state index contributed by atoms with van der Waals surface area (Å²) in [4.78, 5) is 0.672. The fourth-order valence-corrected chi connectivity index (χ4v) is 4.70. The molecule has 0 fully saturated rings. The second kappa shape index (κ2) is 6.00. The van der Waals surface area contributed by atoms with Gasteiger partial charge in [0.25, 0.3) is 10.0 Å². The number of rotatable bonds is 3. The van der Waals surface area contributed by atoms with Gasteiger partial charge in [0.15, 0.2) is 0 Å². The number of halogens is 3. The molecule has 24 heavy (non-hydrogen) atoms. The van der Waals surface area contributed by atoms with Gasteiger partial charge in [-0.15, -0.1) is 11.8 Å². The van der Waals surface area contributed by atoms with Gasteiger partial charge in [-0.2, -0.15) is 13.2 Å². The first-order valence-corrected chi connectivity index (χ1v) is 9.77. The summed E-state index contributed by atoms with van der Waals surface area (Å²) in [6.45, 7) is 0.228. The lowest BCUT2D eigenvalue weighted by Gasteiger charge is -2.20. The molecule has 1 aliphatic rings. The molecule has 0 amide bonds. The van der Waals surface area contributed by atoms with E-state index in [1.54, 1.807) is 17.8 Å². The lowest BCUT2D eigenvalue weighted by molar-refractivity contribution is -0.137. The molecule has 128 valence electrons. The van der Waals surface area contributed by atoms with Crippen molar-refractivity contribution in [2.75, 3.05) is 17.1 Å². The molecule has 0 aromatic heterocycles. The van der Waals surface area contributed by atoms with Crippen molar-refractivity contribution in [1.82, 2.24) is 0 Å². The summed E-state index contributed by atoms with van der Waals surface area (Å²) in [7, 11) is -4.03. The van der Waals surface area contributed by atoms with E-state index < -0.39 is 21.8 Å². The van der Waals surface area contributed by atoms with Crippen LogP contribution >= 0.6 is 11.8 Å². The van der Waals surface area contributed by atoms with Crippen molar-refractivity contribution in [3.63, 3.8) is 0 Å². The number of nitrogens with zero attached hydrogens (tertiary/aromatic N) is 1. The zero-order valence-electron chi connectivity index (χ0n) is 12.7. The third-order valence-electron chi connectivity index (χ3n) is 3.89. The maximum atomic E-state index is 12.8. The van der Waals surface area contributed by atoms with Crippen LogP contribution in [0, 0.1) is 0 Å². The second-order valence-corrected chi connectivity index (χ2v) is 8.09. The number of fused-ring (bicyclic) bond motifs is 1. The van der Waals surface area contributed by atoms with Crippen LogP contribution in [0.1, 0.15) is 11.1 Å². The Kier molecular flexibility index (Phi) is 4.29. The van der Waals surface area contributed by atoms with Crippen LogP contribution in [-0.2, 0) is 22.6 Å². The molecule has 0 unspecified atom stereocenters. The minimum Gasteiger partial charge on any atom is -0.266 e. The maximum absolute atomic E-state index is 12.8. The fraction of sp³-hybridized carbons (Fsp3) is 0.250. The number of alkyl halides is 3. The average Bonchev–Trinajstić information content (AvgIpc) is 2.97. The Bertz CT molecular complexity index is 879. The highest BCUT2D eigenvalue weighted by Crippen LogP contribution is 2.36. The van der Waals surface area contributed by atoms with Gasteiger partial charge in [-0.25, -0.2) is 8.42 Å². The van der Waals surface area contributed by atoms with E-state index in [0.29, 0.717) is 18.2 Å². The maximum Gasteiger partial charge on any atom is 0.416 e. The molecule has 0 atom stereocenters. The van der Waals surface area contributed by atoms with Gasteiger partial charge < -0.3 is 0 Å². The molecule has 0 radical (unpaired) electrons. The summed E-state index contributed by atoms with van der Waals surface area (Å²) in [6.07, 6.45) is -2.11. The van der Waals surface area contributed by atoms with Crippen molar-refractivity contribution in [1.29, 1.82) is 0 Å². The van der Waals surface area contributed by atoms with E-state index >= 15 is 0 Å². The normalized spacial score (nSPS) is 14.8. The second-order valence-electron chi connectivity index (χ2n) is 5.35. The van der Waals surface area contributed by atoms with Gasteiger partial charge in [-0.05, 0) is 54.6 Å². The van der Waals surface area contributed by atoms with Gasteiger partial charge in [0.2, 0.25) is 0 Å². The van der Waals surface area contributed by atoms with Crippen molar-refractivity contribution >= 4 is 27.5 Å². The number of sulfonamides is 1. The first-order chi connectivity index (χ1) is 11.2. The Hall–Kier alpha value is -1.67. The summed E-state index contributed by atoms with van der Waals surface area (Å²) < 4.78 is 65.3. The standard InChI is InChI=1S/C16H14F3NO2S2/c1-23-13-5-6-15-11(9-13)7-8-20(15)24(21,22)14-4-2-3-12(10-14)16(17,18)19/h2-6,9-10H,7-8H2,1H3. The number of hydrogen-bond acceptors (Lipinski definition) is 3. The highest BCUT2D eigenvalue weighted by Gasteiger charge is 2.34. The van der Waals surface area contributed by atoms with Crippen LogP contribution in [0.2, 0.25) is 0 Å². The molecule has 3 nitrogen and oxygen atoms in total. The molecular weight excluding hydrogens is 359 g/mol. The lowest BCUT2D eigenvalue weighted by Crippen LogP contribution is -2.29. The van der Waals surface area contributed by atoms with Gasteiger partial charge in [0, 0.05) is 11.4 Å². The average molecular weight is 373 g/mol. The van der Waals surface area contributed by atoms with E-state index in [1.807, 2.05) is 18.4 Å². The summed E-state index contributed by atoms with van der Waals surface area (Å²) in [6, 6.07) is 9.29. The van der Waals surface area contributed by atoms with Crippen LogP contribution in [0.4, 0.5) is 18.9 Å². The highest BCUT2D eigenvalue weighted by atomic mass is 32.2. The molecule has 0 saturated carbocycles. The third kappa shape index (κ3) is 3.00. The molecule has 3 rings (SSSR count). The minimum absolute atomic E-state index is 0.228. The summed E-state index contributed by atoms with van der Waals surface area (Å²) in [5.74, 6) is 0. The molecule has 2 aromatic carbocycles. The van der Waals surface area contributed by atoms with E-state index in [1.165, 1.54) is 10.4 Å². The third-order valence-corrected chi connectivity index (χ3v) is 6.42. The van der Waals surface area contributed by atoms with Crippen LogP contribution in [-0.4, -0.2) is 21.2 Å². The van der Waals surface area contributed by atoms with Crippen molar-refractivity contribution in [3.8, 4) is 0 Å².